The van der Waals surface area contributed by atoms with Crippen molar-refractivity contribution in [2.24, 2.45) is 5.92 Å². The van der Waals surface area contributed by atoms with Crippen LogP contribution in [0.1, 0.15) is 13.3 Å². The van der Waals surface area contributed by atoms with Crippen molar-refractivity contribution in [1.82, 2.24) is 4.98 Å². The molecule has 1 fully saturated rings. The molecule has 0 saturated carbocycles. The Kier molecular flexibility index (Phi) is 3.07. The number of benzene rings is 1. The Bertz CT molecular complexity index is 691. The third-order valence-electron chi connectivity index (χ3n) is 4.55. The molecule has 2 unspecified atom stereocenters. The number of nitrogens with zero attached hydrogens (tertiary/aromatic N) is 2. The highest BCUT2D eigenvalue weighted by molar-refractivity contribution is 6.18. The van der Waals surface area contributed by atoms with Crippen molar-refractivity contribution in [2.45, 2.75) is 19.4 Å². The topological polar surface area (TPSA) is 34.6 Å². The van der Waals surface area contributed by atoms with Gasteiger partial charge in [0, 0.05) is 30.0 Å². The van der Waals surface area contributed by atoms with E-state index >= 15 is 0 Å². The molecule has 110 valence electrons. The fourth-order valence-electron chi connectivity index (χ4n) is 3.28. The van der Waals surface area contributed by atoms with E-state index in [0.29, 0.717) is 24.6 Å². The zero-order valence-electron chi connectivity index (χ0n) is 11.9. The first-order valence-electron chi connectivity index (χ1n) is 7.29. The Labute approximate surface area is 128 Å². The molecule has 5 heteroatoms. The molecule has 0 bridgehead atoms. The number of pyridine rings is 1. The Morgan fingerprint density at radius 3 is 2.95 bits per heavy atom. The first-order valence-corrected chi connectivity index (χ1v) is 7.82. The summed E-state index contributed by atoms with van der Waals surface area (Å²) in [5, 5.41) is 2.23. The maximum Gasteiger partial charge on any atom is 0.231 e. The minimum atomic E-state index is 0.291. The number of rotatable bonds is 2. The lowest BCUT2D eigenvalue weighted by Crippen LogP contribution is -2.34. The van der Waals surface area contributed by atoms with Crippen molar-refractivity contribution in [3.8, 4) is 11.5 Å². The summed E-state index contributed by atoms with van der Waals surface area (Å²) in [6, 6.07) is 6.41. The highest BCUT2D eigenvalue weighted by atomic mass is 35.5. The number of hydrogen-bond donors (Lipinski definition) is 0. The molecule has 0 spiro atoms. The Morgan fingerprint density at radius 2 is 2.14 bits per heavy atom. The van der Waals surface area contributed by atoms with Crippen molar-refractivity contribution in [1.29, 1.82) is 0 Å². The van der Waals surface area contributed by atoms with Crippen molar-refractivity contribution in [3.05, 3.63) is 24.4 Å². The molecule has 4 nitrogen and oxygen atoms in total. The summed E-state index contributed by atoms with van der Waals surface area (Å²) in [6.45, 7) is 3.55. The number of alkyl halides is 1. The van der Waals surface area contributed by atoms with Crippen molar-refractivity contribution in [2.75, 3.05) is 24.1 Å². The lowest BCUT2D eigenvalue weighted by Gasteiger charge is -2.27. The van der Waals surface area contributed by atoms with Crippen molar-refractivity contribution < 1.29 is 9.47 Å². The largest absolute Gasteiger partial charge is 0.454 e. The summed E-state index contributed by atoms with van der Waals surface area (Å²) >= 11 is 6.18. The first-order chi connectivity index (χ1) is 10.3. The Balaban J connectivity index is 1.85. The molecule has 2 aliphatic heterocycles. The fraction of sp³-hybridized carbons (Fsp3) is 0.438. The molecule has 2 aliphatic rings. The average Bonchev–Trinajstić information content (AvgIpc) is 3.09. The molecule has 0 aliphatic carbocycles. The van der Waals surface area contributed by atoms with Crippen LogP contribution in [0, 0.1) is 5.92 Å². The normalized spacial score (nSPS) is 24.0. The second-order valence-electron chi connectivity index (χ2n) is 5.74. The third-order valence-corrected chi connectivity index (χ3v) is 4.87. The maximum atomic E-state index is 6.18. The van der Waals surface area contributed by atoms with Crippen LogP contribution in [-0.2, 0) is 0 Å². The van der Waals surface area contributed by atoms with Gasteiger partial charge in [-0.15, -0.1) is 11.6 Å². The first kappa shape index (κ1) is 13.0. The van der Waals surface area contributed by atoms with Crippen LogP contribution in [0.25, 0.3) is 10.8 Å². The third kappa shape index (κ3) is 2.01. The summed E-state index contributed by atoms with van der Waals surface area (Å²) in [7, 11) is 0. The number of anilines is 1. The van der Waals surface area contributed by atoms with Crippen LogP contribution >= 0.6 is 11.6 Å². The molecule has 0 amide bonds. The molecule has 0 radical (unpaired) electrons. The lowest BCUT2D eigenvalue weighted by atomic mass is 10.0. The second kappa shape index (κ2) is 4.95. The van der Waals surface area contributed by atoms with Gasteiger partial charge in [0.1, 0.15) is 5.82 Å². The molecular weight excluding hydrogens is 288 g/mol. The Morgan fingerprint density at radius 1 is 1.33 bits per heavy atom. The van der Waals surface area contributed by atoms with Crippen LogP contribution in [0.3, 0.4) is 0 Å². The van der Waals surface area contributed by atoms with Crippen LogP contribution in [0.15, 0.2) is 24.4 Å². The molecule has 1 aromatic carbocycles. The highest BCUT2D eigenvalue weighted by Crippen LogP contribution is 2.40. The van der Waals surface area contributed by atoms with Gasteiger partial charge >= 0.3 is 0 Å². The van der Waals surface area contributed by atoms with E-state index in [1.54, 1.807) is 0 Å². The SMILES string of the molecule is CC1CCN(c2nccc3cc4c(cc23)OCO4)C1CCl. The van der Waals surface area contributed by atoms with Gasteiger partial charge in [-0.3, -0.25) is 0 Å². The van der Waals surface area contributed by atoms with Gasteiger partial charge in [0.25, 0.3) is 0 Å². The molecular formula is C16H17ClN2O2. The lowest BCUT2D eigenvalue weighted by molar-refractivity contribution is 0.174. The average molecular weight is 305 g/mol. The molecule has 2 aromatic rings. The van der Waals surface area contributed by atoms with Gasteiger partial charge in [-0.05, 0) is 35.9 Å². The van der Waals surface area contributed by atoms with Crippen LogP contribution in [0.4, 0.5) is 5.82 Å². The summed E-state index contributed by atoms with van der Waals surface area (Å²) < 4.78 is 11.0. The van der Waals surface area contributed by atoms with Gasteiger partial charge in [-0.25, -0.2) is 4.98 Å². The number of halogens is 1. The van der Waals surface area contributed by atoms with Gasteiger partial charge in [0.05, 0.1) is 0 Å². The van der Waals surface area contributed by atoms with Crippen molar-refractivity contribution >= 4 is 28.2 Å². The van der Waals surface area contributed by atoms with E-state index in [1.807, 2.05) is 24.4 Å². The van der Waals surface area contributed by atoms with E-state index in [1.165, 1.54) is 0 Å². The van der Waals surface area contributed by atoms with E-state index < -0.39 is 0 Å². The zero-order valence-corrected chi connectivity index (χ0v) is 12.6. The van der Waals surface area contributed by atoms with Crippen molar-refractivity contribution in [3.63, 3.8) is 0 Å². The molecule has 1 aromatic heterocycles. The maximum absolute atomic E-state index is 6.18. The molecule has 3 heterocycles. The van der Waals surface area contributed by atoms with Gasteiger partial charge < -0.3 is 14.4 Å². The second-order valence-corrected chi connectivity index (χ2v) is 6.05. The van der Waals surface area contributed by atoms with Crippen LogP contribution < -0.4 is 14.4 Å². The highest BCUT2D eigenvalue weighted by Gasteiger charge is 2.32. The monoisotopic (exact) mass is 304 g/mol. The fourth-order valence-corrected chi connectivity index (χ4v) is 3.75. The summed E-state index contributed by atoms with van der Waals surface area (Å²) in [4.78, 5) is 6.95. The molecule has 2 atom stereocenters. The molecule has 4 rings (SSSR count). The van der Waals surface area contributed by atoms with Crippen LogP contribution in [0.2, 0.25) is 0 Å². The van der Waals surface area contributed by atoms with Gasteiger partial charge in [0.2, 0.25) is 6.79 Å². The molecule has 21 heavy (non-hydrogen) atoms. The van der Waals surface area contributed by atoms with Crippen LogP contribution in [0.5, 0.6) is 11.5 Å². The van der Waals surface area contributed by atoms with E-state index in [0.717, 1.165) is 41.1 Å². The smallest absolute Gasteiger partial charge is 0.231 e. The number of ether oxygens (including phenoxy) is 2. The predicted molar refractivity (Wildman–Crippen MR) is 83.5 cm³/mol. The van der Waals surface area contributed by atoms with Gasteiger partial charge in [0.15, 0.2) is 11.5 Å². The minimum Gasteiger partial charge on any atom is -0.454 e. The van der Waals surface area contributed by atoms with Crippen LogP contribution in [-0.4, -0.2) is 30.2 Å². The van der Waals surface area contributed by atoms with Gasteiger partial charge in [-0.2, -0.15) is 0 Å². The quantitative estimate of drug-likeness (QED) is 0.796. The predicted octanol–water partition coefficient (Wildman–Crippen LogP) is 3.42. The van der Waals surface area contributed by atoms with Gasteiger partial charge in [-0.1, -0.05) is 6.92 Å². The summed E-state index contributed by atoms with van der Waals surface area (Å²) in [5.74, 6) is 3.83. The van der Waals surface area contributed by atoms with E-state index in [4.69, 9.17) is 21.1 Å². The molecule has 0 N–H and O–H groups in total. The van der Waals surface area contributed by atoms with E-state index in [9.17, 15) is 0 Å². The number of hydrogen-bond acceptors (Lipinski definition) is 4. The molecule has 1 saturated heterocycles. The number of aromatic nitrogens is 1. The summed E-state index contributed by atoms with van der Waals surface area (Å²) in [6.07, 6.45) is 3.01. The van der Waals surface area contributed by atoms with E-state index in [-0.39, 0.29) is 0 Å². The standard InChI is InChI=1S/C16H17ClN2O2/c1-10-3-5-19(13(10)8-17)16-12-7-15-14(20-9-21-15)6-11(12)2-4-18-16/h2,4,6-7,10,13H,3,5,8-9H2,1H3. The Hall–Kier alpha value is -1.68. The minimum absolute atomic E-state index is 0.291. The number of fused-ring (bicyclic) bond motifs is 2. The summed E-state index contributed by atoms with van der Waals surface area (Å²) in [5.41, 5.74) is 0. The van der Waals surface area contributed by atoms with E-state index in [2.05, 4.69) is 16.8 Å². The zero-order chi connectivity index (χ0) is 14.4.